The van der Waals surface area contributed by atoms with E-state index in [1.165, 1.54) is 0 Å². The molecule has 0 aliphatic heterocycles. The molecule has 0 heterocycles. The van der Waals surface area contributed by atoms with E-state index in [1.807, 2.05) is 91.0 Å². The van der Waals surface area contributed by atoms with Crippen LogP contribution in [0.15, 0.2) is 102 Å². The second-order valence-electron chi connectivity index (χ2n) is 5.68. The minimum Gasteiger partial charge on any atom is -0.288 e. The minimum atomic E-state index is -3.08. The highest BCUT2D eigenvalue weighted by atomic mass is 31.2. The molecule has 0 unspecified atom stereocenters. The van der Waals surface area contributed by atoms with Crippen molar-refractivity contribution in [3.8, 4) is 0 Å². The molecule has 0 spiro atoms. The van der Waals surface area contributed by atoms with Gasteiger partial charge in [0, 0.05) is 16.8 Å². The highest BCUT2D eigenvalue weighted by molar-refractivity contribution is 7.77. The van der Waals surface area contributed by atoms with Gasteiger partial charge in [0.15, 0.2) is 0 Å². The Kier molecular flexibility index (Phi) is 5.42. The SMILES string of the molecule is C=CCc1ccccc1/C=N/P(=O)(c1ccccc1)c1ccccc1. The van der Waals surface area contributed by atoms with Crippen LogP contribution in [-0.4, -0.2) is 6.21 Å². The van der Waals surface area contributed by atoms with Gasteiger partial charge in [0.25, 0.3) is 0 Å². The molecule has 0 bridgehead atoms. The van der Waals surface area contributed by atoms with Crippen molar-refractivity contribution in [2.45, 2.75) is 6.42 Å². The number of benzene rings is 3. The van der Waals surface area contributed by atoms with E-state index in [9.17, 15) is 4.57 Å². The van der Waals surface area contributed by atoms with Crippen LogP contribution in [0.2, 0.25) is 0 Å². The van der Waals surface area contributed by atoms with Crippen molar-refractivity contribution in [2.24, 2.45) is 4.76 Å². The van der Waals surface area contributed by atoms with Crippen LogP contribution in [0.25, 0.3) is 0 Å². The van der Waals surface area contributed by atoms with Crippen LogP contribution in [0.1, 0.15) is 11.1 Å². The maximum absolute atomic E-state index is 13.8. The molecule has 0 fully saturated rings. The van der Waals surface area contributed by atoms with Gasteiger partial charge in [-0.2, -0.15) is 0 Å². The molecule has 0 amide bonds. The summed E-state index contributed by atoms with van der Waals surface area (Å²) in [7, 11) is -3.08. The maximum atomic E-state index is 13.8. The Morgan fingerprint density at radius 3 is 1.88 bits per heavy atom. The third kappa shape index (κ3) is 3.87. The molecule has 0 saturated heterocycles. The summed E-state index contributed by atoms with van der Waals surface area (Å²) in [5, 5.41) is 1.47. The molecule has 0 aliphatic carbocycles. The smallest absolute Gasteiger partial charge is 0.247 e. The Morgan fingerprint density at radius 1 is 0.800 bits per heavy atom. The third-order valence-electron chi connectivity index (χ3n) is 3.99. The van der Waals surface area contributed by atoms with E-state index in [2.05, 4.69) is 11.3 Å². The van der Waals surface area contributed by atoms with Crippen LogP contribution in [0.3, 0.4) is 0 Å². The lowest BCUT2D eigenvalue weighted by Gasteiger charge is -2.14. The molecular weight excluding hydrogens is 325 g/mol. The molecule has 0 radical (unpaired) electrons. The number of nitrogens with zero attached hydrogens (tertiary/aromatic N) is 1. The first-order valence-electron chi connectivity index (χ1n) is 8.20. The topological polar surface area (TPSA) is 29.4 Å². The van der Waals surface area contributed by atoms with Gasteiger partial charge in [0.2, 0.25) is 7.29 Å². The molecular formula is C22H20NOP. The average molecular weight is 345 g/mol. The van der Waals surface area contributed by atoms with Crippen LogP contribution in [-0.2, 0) is 11.0 Å². The highest BCUT2D eigenvalue weighted by Crippen LogP contribution is 2.44. The summed E-state index contributed by atoms with van der Waals surface area (Å²) in [6.07, 6.45) is 4.35. The Hall–Kier alpha value is -2.70. The van der Waals surface area contributed by atoms with Crippen LogP contribution >= 0.6 is 7.29 Å². The van der Waals surface area contributed by atoms with Crippen molar-refractivity contribution < 1.29 is 4.57 Å². The average Bonchev–Trinajstić information content (AvgIpc) is 2.69. The molecule has 124 valence electrons. The zero-order valence-electron chi connectivity index (χ0n) is 14.0. The lowest BCUT2D eigenvalue weighted by atomic mass is 10.1. The van der Waals surface area contributed by atoms with E-state index in [-0.39, 0.29) is 0 Å². The van der Waals surface area contributed by atoms with Gasteiger partial charge >= 0.3 is 0 Å². The Balaban J connectivity index is 2.09. The van der Waals surface area contributed by atoms with Crippen molar-refractivity contribution >= 4 is 24.1 Å². The van der Waals surface area contributed by atoms with Crippen LogP contribution < -0.4 is 10.6 Å². The molecule has 3 heteroatoms. The zero-order valence-corrected chi connectivity index (χ0v) is 14.8. The Morgan fingerprint density at radius 2 is 1.32 bits per heavy atom. The first-order valence-corrected chi connectivity index (χ1v) is 9.86. The summed E-state index contributed by atoms with van der Waals surface area (Å²) in [6.45, 7) is 3.80. The fourth-order valence-electron chi connectivity index (χ4n) is 2.69. The minimum absolute atomic E-state index is 0.735. The van der Waals surface area contributed by atoms with Crippen LogP contribution in [0.5, 0.6) is 0 Å². The van der Waals surface area contributed by atoms with Gasteiger partial charge < -0.3 is 0 Å². The summed E-state index contributed by atoms with van der Waals surface area (Å²) < 4.78 is 18.4. The molecule has 3 rings (SSSR count). The number of hydrogen-bond donors (Lipinski definition) is 0. The summed E-state index contributed by atoms with van der Waals surface area (Å²) in [5.41, 5.74) is 2.09. The lowest BCUT2D eigenvalue weighted by Crippen LogP contribution is -2.14. The summed E-state index contributed by atoms with van der Waals surface area (Å²) in [6, 6.07) is 26.9. The van der Waals surface area contributed by atoms with Crippen molar-refractivity contribution in [3.63, 3.8) is 0 Å². The maximum Gasteiger partial charge on any atom is 0.247 e. The van der Waals surface area contributed by atoms with Gasteiger partial charge in [-0.1, -0.05) is 66.7 Å². The molecule has 3 aromatic carbocycles. The van der Waals surface area contributed by atoms with Crippen LogP contribution in [0, 0.1) is 0 Å². The first kappa shape index (κ1) is 17.1. The zero-order chi connectivity index (χ0) is 17.5. The predicted octanol–water partition coefficient (Wildman–Crippen LogP) is 4.76. The quantitative estimate of drug-likeness (QED) is 0.360. The van der Waals surface area contributed by atoms with Crippen molar-refractivity contribution in [1.29, 1.82) is 0 Å². The summed E-state index contributed by atoms with van der Waals surface area (Å²) >= 11 is 0. The van der Waals surface area contributed by atoms with E-state index < -0.39 is 7.29 Å². The van der Waals surface area contributed by atoms with Gasteiger partial charge in [0.05, 0.1) is 0 Å². The second-order valence-corrected chi connectivity index (χ2v) is 8.10. The van der Waals surface area contributed by atoms with Gasteiger partial charge in [-0.15, -0.1) is 6.58 Å². The Labute approximate surface area is 149 Å². The van der Waals surface area contributed by atoms with Crippen molar-refractivity contribution in [3.05, 3.63) is 109 Å². The molecule has 0 aliphatic rings. The molecule has 0 saturated carbocycles. The van der Waals surface area contributed by atoms with E-state index in [1.54, 1.807) is 6.21 Å². The fourth-order valence-corrected chi connectivity index (χ4v) is 4.69. The number of allylic oxidation sites excluding steroid dienone is 1. The largest absolute Gasteiger partial charge is 0.288 e. The molecule has 25 heavy (non-hydrogen) atoms. The van der Waals surface area contributed by atoms with E-state index in [0.29, 0.717) is 0 Å². The van der Waals surface area contributed by atoms with E-state index in [0.717, 1.165) is 28.2 Å². The summed E-state index contributed by atoms with van der Waals surface area (Å²) in [4.78, 5) is 0. The normalized spacial score (nSPS) is 11.5. The van der Waals surface area contributed by atoms with Crippen LogP contribution in [0.4, 0.5) is 0 Å². The molecule has 3 aromatic rings. The summed E-state index contributed by atoms with van der Waals surface area (Å²) in [5.74, 6) is 0. The standard InChI is InChI=1S/C22H20NOP/c1-2-11-19-12-9-10-13-20(19)18-23-25(24,21-14-5-3-6-15-21)22-16-7-4-8-17-22/h2-10,12-18H,1,11H2/b23-18+. The Bertz CT molecular complexity index is 874. The predicted molar refractivity (Wildman–Crippen MR) is 108 cm³/mol. The van der Waals surface area contributed by atoms with E-state index >= 15 is 0 Å². The van der Waals surface area contributed by atoms with Gasteiger partial charge in [0.1, 0.15) is 0 Å². The number of rotatable bonds is 6. The molecule has 0 aromatic heterocycles. The molecule has 0 atom stereocenters. The molecule has 0 N–H and O–H groups in total. The van der Waals surface area contributed by atoms with Crippen molar-refractivity contribution in [2.75, 3.05) is 0 Å². The number of hydrogen-bond acceptors (Lipinski definition) is 1. The molecule has 2 nitrogen and oxygen atoms in total. The fraction of sp³-hybridized carbons (Fsp3) is 0.0455. The monoisotopic (exact) mass is 345 g/mol. The van der Waals surface area contributed by atoms with Gasteiger partial charge in [-0.3, -0.25) is 4.57 Å². The van der Waals surface area contributed by atoms with Gasteiger partial charge in [-0.05, 0) is 41.8 Å². The van der Waals surface area contributed by atoms with Gasteiger partial charge in [-0.25, -0.2) is 4.76 Å². The third-order valence-corrected chi connectivity index (χ3v) is 6.43. The lowest BCUT2D eigenvalue weighted by molar-refractivity contribution is 0.588. The van der Waals surface area contributed by atoms with Crippen molar-refractivity contribution in [1.82, 2.24) is 0 Å². The van der Waals surface area contributed by atoms with E-state index in [4.69, 9.17) is 0 Å². The highest BCUT2D eigenvalue weighted by Gasteiger charge is 2.25. The second kappa shape index (κ2) is 7.92. The first-order chi connectivity index (χ1) is 12.2.